The molecule has 20 heavy (non-hydrogen) atoms. The molecule has 0 aliphatic heterocycles. The molecular weight excluding hydrogens is 283 g/mol. The van der Waals surface area contributed by atoms with Gasteiger partial charge in [0.1, 0.15) is 10.7 Å². The van der Waals surface area contributed by atoms with Crippen molar-refractivity contribution in [2.24, 2.45) is 0 Å². The maximum atomic E-state index is 13.7. The van der Waals surface area contributed by atoms with Crippen LogP contribution >= 0.6 is 0 Å². The highest BCUT2D eigenvalue weighted by Crippen LogP contribution is 2.26. The molecule has 0 fully saturated rings. The summed E-state index contributed by atoms with van der Waals surface area (Å²) in [4.78, 5) is 6.90. The molecule has 0 unspecified atom stereocenters. The molecule has 0 bridgehead atoms. The Balaban J connectivity index is 2.36. The minimum atomic E-state index is -4.18. The van der Waals surface area contributed by atoms with E-state index in [2.05, 4.69) is 20.4 Å². The fraction of sp³-hybridized carbons (Fsp3) is 0.167. The lowest BCUT2D eigenvalue weighted by molar-refractivity contribution is -0.366. The molecule has 0 aliphatic carbocycles. The number of aromatic nitrogens is 2. The molecule has 1 heterocycles. The van der Waals surface area contributed by atoms with Crippen LogP contribution < -0.4 is 5.73 Å². The van der Waals surface area contributed by atoms with Crippen LogP contribution in [0.1, 0.15) is 5.56 Å². The van der Waals surface area contributed by atoms with Crippen molar-refractivity contribution in [2.45, 2.75) is 11.3 Å². The molecule has 0 aliphatic rings. The van der Waals surface area contributed by atoms with Crippen molar-refractivity contribution in [3.8, 4) is 0 Å². The van der Waals surface area contributed by atoms with Crippen LogP contribution in [0.2, 0.25) is 0 Å². The minimum Gasteiger partial charge on any atom is -0.366 e. The second-order valence-electron chi connectivity index (χ2n) is 3.98. The Bertz CT molecular complexity index is 692. The normalized spacial score (nSPS) is 11.3. The van der Waals surface area contributed by atoms with E-state index < -0.39 is 20.7 Å². The topological polar surface area (TPSA) is 102 Å². The van der Waals surface area contributed by atoms with Crippen LogP contribution in [0.15, 0.2) is 41.6 Å². The van der Waals surface area contributed by atoms with E-state index in [1.54, 1.807) is 0 Å². The van der Waals surface area contributed by atoms with Gasteiger partial charge >= 0.3 is 0 Å². The predicted octanol–water partition coefficient (Wildman–Crippen LogP) is 0.794. The van der Waals surface area contributed by atoms with Gasteiger partial charge in [0.15, 0.2) is 0 Å². The highest BCUT2D eigenvalue weighted by Gasteiger charge is 2.18. The van der Waals surface area contributed by atoms with E-state index in [0.717, 1.165) is 6.07 Å². The first-order valence-electron chi connectivity index (χ1n) is 5.85. The number of sulfonamides is 1. The Labute approximate surface area is 115 Å². The molecule has 0 atom stereocenters. The number of hydrogen-bond acceptors (Lipinski definition) is 4. The largest absolute Gasteiger partial charge is 0.366 e. The van der Waals surface area contributed by atoms with Gasteiger partial charge in [-0.2, -0.15) is 0 Å². The van der Waals surface area contributed by atoms with Crippen LogP contribution in [0.4, 0.5) is 10.3 Å². The Morgan fingerprint density at radius 3 is 2.60 bits per heavy atom. The molecule has 0 saturated heterocycles. The number of nitrogens with zero attached hydrogens (tertiary/aromatic N) is 3. The minimum absolute atomic E-state index is 0.227. The highest BCUT2D eigenvalue weighted by molar-refractivity contribution is 7.94. The summed E-state index contributed by atoms with van der Waals surface area (Å²) in [7, 11) is -4.18. The summed E-state index contributed by atoms with van der Waals surface area (Å²) in [6.07, 6.45) is 3.28. The summed E-state index contributed by atoms with van der Waals surface area (Å²) >= 11 is 0. The van der Waals surface area contributed by atoms with Gasteiger partial charge < -0.3 is 15.7 Å². The van der Waals surface area contributed by atoms with Gasteiger partial charge in [0.25, 0.3) is 0 Å². The second kappa shape index (κ2) is 5.93. The highest BCUT2D eigenvalue weighted by atomic mass is 32.2. The van der Waals surface area contributed by atoms with E-state index in [4.69, 9.17) is 0 Å². The van der Waals surface area contributed by atoms with Crippen molar-refractivity contribution in [3.63, 3.8) is 0 Å². The molecule has 1 aromatic heterocycles. The lowest BCUT2D eigenvalue weighted by Crippen LogP contribution is -2.51. The third-order valence-electron chi connectivity index (χ3n) is 2.49. The molecule has 2 rings (SSSR count). The fourth-order valence-corrected chi connectivity index (χ4v) is 2.62. The van der Waals surface area contributed by atoms with Crippen LogP contribution in [0.3, 0.4) is 0 Å². The van der Waals surface area contributed by atoms with Crippen LogP contribution in [-0.4, -0.2) is 24.9 Å². The van der Waals surface area contributed by atoms with Gasteiger partial charge in [-0.1, -0.05) is 12.1 Å². The summed E-state index contributed by atoms with van der Waals surface area (Å²) in [6, 6.07) is 5.43. The van der Waals surface area contributed by atoms with Crippen molar-refractivity contribution in [2.75, 3.05) is 6.54 Å². The Morgan fingerprint density at radius 1 is 1.25 bits per heavy atom. The zero-order chi connectivity index (χ0) is 14.6. The van der Waals surface area contributed by atoms with Crippen LogP contribution in [-0.2, 0) is 16.4 Å². The summed E-state index contributed by atoms with van der Waals surface area (Å²) in [5, 5.41) is 0. The molecule has 0 radical (unpaired) electrons. The molecule has 0 saturated carbocycles. The van der Waals surface area contributed by atoms with E-state index in [1.165, 1.54) is 30.6 Å². The second-order valence-corrected chi connectivity index (χ2v) is 5.56. The van der Waals surface area contributed by atoms with E-state index in [-0.39, 0.29) is 5.95 Å². The van der Waals surface area contributed by atoms with Gasteiger partial charge in [0.2, 0.25) is 10.0 Å². The predicted molar refractivity (Wildman–Crippen MR) is 70.1 cm³/mol. The van der Waals surface area contributed by atoms with Gasteiger partial charge in [-0.15, -0.1) is 0 Å². The standard InChI is InChI=1S/C12H12FN4O2S/c13-10-3-2-9(4-5-14)8-11(10)20(18,19)17-12-15-6-1-7-16-12/h1-3,6-8H,4-5,14H2/q-1/p+1. The Kier molecular flexibility index (Phi) is 4.26. The average molecular weight is 296 g/mol. The summed E-state index contributed by atoms with van der Waals surface area (Å²) in [5.41, 5.74) is 4.36. The lowest BCUT2D eigenvalue weighted by atomic mass is 10.1. The maximum Gasteiger partial charge on any atom is 0.232 e. The molecule has 8 heteroatoms. The smallest absolute Gasteiger partial charge is 0.232 e. The first-order chi connectivity index (χ1) is 9.53. The zero-order valence-corrected chi connectivity index (χ0v) is 11.3. The average Bonchev–Trinajstić information content (AvgIpc) is 2.42. The first kappa shape index (κ1) is 14.4. The van der Waals surface area contributed by atoms with Crippen molar-refractivity contribution < 1.29 is 18.5 Å². The SMILES string of the molecule is [NH3+]CCc1ccc(F)c(S(=O)(=O)[N-]c2ncccn2)c1. The van der Waals surface area contributed by atoms with Crippen molar-refractivity contribution in [1.82, 2.24) is 9.97 Å². The van der Waals surface area contributed by atoms with E-state index >= 15 is 0 Å². The van der Waals surface area contributed by atoms with Crippen LogP contribution in [0, 0.1) is 5.82 Å². The maximum absolute atomic E-state index is 13.7. The molecule has 3 N–H and O–H groups in total. The quantitative estimate of drug-likeness (QED) is 0.881. The molecule has 6 nitrogen and oxygen atoms in total. The molecule has 1 aromatic carbocycles. The first-order valence-corrected chi connectivity index (χ1v) is 7.29. The number of quaternary nitrogens is 1. The van der Waals surface area contributed by atoms with Gasteiger partial charge in [-0.3, -0.25) is 4.72 Å². The summed E-state index contributed by atoms with van der Waals surface area (Å²) < 4.78 is 41.3. The zero-order valence-electron chi connectivity index (χ0n) is 10.5. The van der Waals surface area contributed by atoms with E-state index in [0.29, 0.717) is 18.5 Å². The van der Waals surface area contributed by atoms with E-state index in [1.807, 2.05) is 0 Å². The third kappa shape index (κ3) is 3.28. The van der Waals surface area contributed by atoms with Crippen molar-refractivity contribution in [3.05, 3.63) is 52.8 Å². The fourth-order valence-electron chi connectivity index (χ4n) is 1.60. The Hall–Kier alpha value is -2.06. The molecule has 2 aromatic rings. The van der Waals surface area contributed by atoms with Gasteiger partial charge in [0.05, 0.1) is 6.54 Å². The monoisotopic (exact) mass is 296 g/mol. The Morgan fingerprint density at radius 2 is 1.95 bits per heavy atom. The number of rotatable bonds is 5. The summed E-state index contributed by atoms with van der Waals surface area (Å²) in [6.45, 7) is 0.587. The van der Waals surface area contributed by atoms with Crippen molar-refractivity contribution in [1.29, 1.82) is 0 Å². The number of halogens is 1. The lowest BCUT2D eigenvalue weighted by Gasteiger charge is -2.13. The number of benzene rings is 1. The van der Waals surface area contributed by atoms with Crippen LogP contribution in [0.5, 0.6) is 0 Å². The van der Waals surface area contributed by atoms with Gasteiger partial charge in [-0.05, 0) is 30.1 Å². The van der Waals surface area contributed by atoms with Crippen molar-refractivity contribution >= 4 is 16.0 Å². The third-order valence-corrected chi connectivity index (χ3v) is 3.77. The number of hydrogen-bond donors (Lipinski definition) is 1. The molecule has 0 spiro atoms. The molecule has 0 amide bonds. The van der Waals surface area contributed by atoms with Crippen LogP contribution in [0.25, 0.3) is 4.72 Å². The van der Waals surface area contributed by atoms with E-state index in [9.17, 15) is 12.8 Å². The molecular formula is C12H13FN4O2S. The summed E-state index contributed by atoms with van der Waals surface area (Å²) in [5.74, 6) is -1.08. The van der Waals surface area contributed by atoms with Gasteiger partial charge in [-0.25, -0.2) is 12.8 Å². The van der Waals surface area contributed by atoms with Gasteiger partial charge in [0, 0.05) is 12.4 Å². The molecule has 106 valence electrons.